The molecule has 1 N–H and O–H groups in total. The van der Waals surface area contributed by atoms with Gasteiger partial charge in [0.05, 0.1) is 0 Å². The standard InChI is InChI=1S/C22H31N3O3/c1-2-11-24-12-7-16(8-13-24)17-9-14-25(15-10-17)22(27)28-20-18-5-3-4-6-19(18)23-21(20)26/h3-6,16-17,20H,2,7-15H2,1H3,(H,23,26). The highest BCUT2D eigenvalue weighted by Gasteiger charge is 2.36. The Morgan fingerprint density at radius 2 is 1.71 bits per heavy atom. The Balaban J connectivity index is 1.26. The summed E-state index contributed by atoms with van der Waals surface area (Å²) in [7, 11) is 0. The van der Waals surface area contributed by atoms with Gasteiger partial charge in [-0.1, -0.05) is 25.1 Å². The smallest absolute Gasteiger partial charge is 0.410 e. The topological polar surface area (TPSA) is 61.9 Å². The van der Waals surface area contributed by atoms with Crippen LogP contribution in [0.15, 0.2) is 24.3 Å². The van der Waals surface area contributed by atoms with E-state index in [1.807, 2.05) is 24.3 Å². The maximum absolute atomic E-state index is 12.6. The monoisotopic (exact) mass is 385 g/mol. The summed E-state index contributed by atoms with van der Waals surface area (Å²) in [5, 5.41) is 2.78. The van der Waals surface area contributed by atoms with Crippen molar-refractivity contribution in [2.45, 2.75) is 45.1 Å². The molecule has 2 saturated heterocycles. The highest BCUT2D eigenvalue weighted by Crippen LogP contribution is 2.35. The molecule has 1 atom stereocenters. The second kappa shape index (κ2) is 8.52. The van der Waals surface area contributed by atoms with E-state index < -0.39 is 6.10 Å². The van der Waals surface area contributed by atoms with E-state index in [1.165, 1.54) is 38.9 Å². The summed E-state index contributed by atoms with van der Waals surface area (Å²) in [5.74, 6) is 1.24. The Labute approximate surface area is 167 Å². The van der Waals surface area contributed by atoms with E-state index >= 15 is 0 Å². The first-order valence-electron chi connectivity index (χ1n) is 10.7. The molecular formula is C22H31N3O3. The molecular weight excluding hydrogens is 354 g/mol. The second-order valence-electron chi connectivity index (χ2n) is 8.34. The van der Waals surface area contributed by atoms with E-state index in [9.17, 15) is 9.59 Å². The van der Waals surface area contributed by atoms with E-state index in [4.69, 9.17) is 4.74 Å². The fourth-order valence-electron chi connectivity index (χ4n) is 4.99. The molecule has 152 valence electrons. The zero-order valence-corrected chi connectivity index (χ0v) is 16.7. The number of likely N-dealkylation sites (tertiary alicyclic amines) is 2. The number of rotatable bonds is 4. The molecule has 0 spiro atoms. The van der Waals surface area contributed by atoms with Crippen LogP contribution in [0.2, 0.25) is 0 Å². The first kappa shape index (κ1) is 19.2. The lowest BCUT2D eigenvalue weighted by Crippen LogP contribution is -2.43. The van der Waals surface area contributed by atoms with Crippen LogP contribution in [0.4, 0.5) is 10.5 Å². The SMILES string of the molecule is CCCN1CCC(C2CCN(C(=O)OC3C(=O)Nc4ccccc43)CC2)CC1. The van der Waals surface area contributed by atoms with Crippen molar-refractivity contribution in [3.05, 3.63) is 29.8 Å². The molecule has 0 radical (unpaired) electrons. The van der Waals surface area contributed by atoms with E-state index in [1.54, 1.807) is 4.90 Å². The minimum Gasteiger partial charge on any atom is -0.431 e. The van der Waals surface area contributed by atoms with Crippen molar-refractivity contribution in [2.75, 3.05) is 38.0 Å². The minimum absolute atomic E-state index is 0.261. The molecule has 1 aromatic rings. The van der Waals surface area contributed by atoms with Crippen molar-refractivity contribution in [1.29, 1.82) is 0 Å². The molecule has 0 aromatic heterocycles. The van der Waals surface area contributed by atoms with Crippen LogP contribution in [0.25, 0.3) is 0 Å². The molecule has 3 aliphatic heterocycles. The fourth-order valence-corrected chi connectivity index (χ4v) is 4.99. The van der Waals surface area contributed by atoms with Crippen LogP contribution in [0.3, 0.4) is 0 Å². The first-order valence-corrected chi connectivity index (χ1v) is 10.7. The molecule has 1 aromatic carbocycles. The van der Waals surface area contributed by atoms with Gasteiger partial charge < -0.3 is 19.9 Å². The quantitative estimate of drug-likeness (QED) is 0.859. The van der Waals surface area contributed by atoms with Crippen LogP contribution in [0, 0.1) is 11.8 Å². The van der Waals surface area contributed by atoms with Gasteiger partial charge in [-0.3, -0.25) is 4.79 Å². The Morgan fingerprint density at radius 3 is 2.39 bits per heavy atom. The summed E-state index contributed by atoms with van der Waals surface area (Å²) >= 11 is 0. The van der Waals surface area contributed by atoms with E-state index in [0.29, 0.717) is 5.92 Å². The van der Waals surface area contributed by atoms with E-state index in [0.717, 1.165) is 43.1 Å². The van der Waals surface area contributed by atoms with E-state index in [-0.39, 0.29) is 12.0 Å². The van der Waals surface area contributed by atoms with Gasteiger partial charge >= 0.3 is 6.09 Å². The third kappa shape index (κ3) is 4.02. The lowest BCUT2D eigenvalue weighted by molar-refractivity contribution is -0.124. The third-order valence-electron chi connectivity index (χ3n) is 6.59. The number of anilines is 1. The first-order chi connectivity index (χ1) is 13.7. The number of carbonyl (C=O) groups is 2. The zero-order chi connectivity index (χ0) is 19.5. The van der Waals surface area contributed by atoms with Crippen LogP contribution in [0.1, 0.15) is 50.7 Å². The Morgan fingerprint density at radius 1 is 1.07 bits per heavy atom. The maximum atomic E-state index is 12.6. The average molecular weight is 386 g/mol. The Bertz CT molecular complexity index is 707. The lowest BCUT2D eigenvalue weighted by atomic mass is 9.79. The molecule has 3 heterocycles. The van der Waals surface area contributed by atoms with Crippen molar-refractivity contribution in [3.8, 4) is 0 Å². The van der Waals surface area contributed by atoms with E-state index in [2.05, 4.69) is 17.1 Å². The van der Waals surface area contributed by atoms with Crippen molar-refractivity contribution in [1.82, 2.24) is 9.80 Å². The van der Waals surface area contributed by atoms with Crippen molar-refractivity contribution >= 4 is 17.7 Å². The zero-order valence-electron chi connectivity index (χ0n) is 16.7. The molecule has 2 amide bonds. The summed E-state index contributed by atoms with van der Waals surface area (Å²) in [6.45, 7) is 7.36. The van der Waals surface area contributed by atoms with Crippen molar-refractivity contribution in [2.24, 2.45) is 11.8 Å². The predicted octanol–water partition coefficient (Wildman–Crippen LogP) is 3.65. The molecule has 4 rings (SSSR count). The number of benzene rings is 1. The van der Waals surface area contributed by atoms with Gasteiger partial charge in [-0.25, -0.2) is 4.79 Å². The lowest BCUT2D eigenvalue weighted by Gasteiger charge is -2.40. The van der Waals surface area contributed by atoms with Gasteiger partial charge in [0.2, 0.25) is 6.10 Å². The number of carbonyl (C=O) groups excluding carboxylic acids is 2. The number of para-hydroxylation sites is 1. The maximum Gasteiger partial charge on any atom is 0.410 e. The number of ether oxygens (including phenoxy) is 1. The number of piperidine rings is 2. The molecule has 0 aliphatic carbocycles. The average Bonchev–Trinajstić information content (AvgIpc) is 3.04. The van der Waals surface area contributed by atoms with Crippen LogP contribution in [0.5, 0.6) is 0 Å². The molecule has 3 aliphatic rings. The number of hydrogen-bond acceptors (Lipinski definition) is 4. The fraction of sp³-hybridized carbons (Fsp3) is 0.636. The molecule has 6 heteroatoms. The Kier molecular flexibility index (Phi) is 5.85. The summed E-state index contributed by atoms with van der Waals surface area (Å²) < 4.78 is 5.58. The van der Waals surface area contributed by atoms with Gasteiger partial charge in [-0.15, -0.1) is 0 Å². The minimum atomic E-state index is -0.829. The normalized spacial score (nSPS) is 24.1. The third-order valence-corrected chi connectivity index (χ3v) is 6.59. The van der Waals surface area contributed by atoms with Gasteiger partial charge in [0.15, 0.2) is 0 Å². The second-order valence-corrected chi connectivity index (χ2v) is 8.34. The van der Waals surface area contributed by atoms with Gasteiger partial charge in [0.1, 0.15) is 0 Å². The van der Waals surface area contributed by atoms with Crippen LogP contribution < -0.4 is 5.32 Å². The van der Waals surface area contributed by atoms with Gasteiger partial charge in [0.25, 0.3) is 5.91 Å². The molecule has 2 fully saturated rings. The summed E-state index contributed by atoms with van der Waals surface area (Å²) in [4.78, 5) is 29.1. The summed E-state index contributed by atoms with van der Waals surface area (Å²) in [5.41, 5.74) is 1.48. The number of fused-ring (bicyclic) bond motifs is 1. The highest BCUT2D eigenvalue weighted by atomic mass is 16.6. The molecule has 28 heavy (non-hydrogen) atoms. The number of hydrogen-bond donors (Lipinski definition) is 1. The molecule has 0 bridgehead atoms. The largest absolute Gasteiger partial charge is 0.431 e. The number of amides is 2. The van der Waals surface area contributed by atoms with Crippen LogP contribution in [-0.4, -0.2) is 54.5 Å². The molecule has 6 nitrogen and oxygen atoms in total. The van der Waals surface area contributed by atoms with Gasteiger partial charge in [0, 0.05) is 24.3 Å². The Hall–Kier alpha value is -2.08. The number of nitrogens with one attached hydrogen (secondary N) is 1. The highest BCUT2D eigenvalue weighted by molar-refractivity contribution is 6.02. The van der Waals surface area contributed by atoms with Crippen LogP contribution in [-0.2, 0) is 9.53 Å². The van der Waals surface area contributed by atoms with Gasteiger partial charge in [-0.2, -0.15) is 0 Å². The predicted molar refractivity (Wildman–Crippen MR) is 108 cm³/mol. The molecule has 0 saturated carbocycles. The number of nitrogens with zero attached hydrogens (tertiary/aromatic N) is 2. The van der Waals surface area contributed by atoms with Gasteiger partial charge in [-0.05, 0) is 69.6 Å². The molecule has 1 unspecified atom stereocenters. The summed E-state index contributed by atoms with van der Waals surface area (Å²) in [6.07, 6.45) is 4.69. The van der Waals surface area contributed by atoms with Crippen molar-refractivity contribution in [3.63, 3.8) is 0 Å². The van der Waals surface area contributed by atoms with Crippen LogP contribution >= 0.6 is 0 Å². The summed E-state index contributed by atoms with van der Waals surface area (Å²) in [6, 6.07) is 7.39. The van der Waals surface area contributed by atoms with Crippen molar-refractivity contribution < 1.29 is 14.3 Å².